The Bertz CT molecular complexity index is 432. The number of aliphatic hydroxyl groups is 1. The lowest BCUT2D eigenvalue weighted by molar-refractivity contribution is 0.0434. The predicted octanol–water partition coefficient (Wildman–Crippen LogP) is 1.44. The van der Waals surface area contributed by atoms with E-state index in [1.54, 1.807) is 11.3 Å². The topological polar surface area (TPSA) is 66.6 Å². The van der Waals surface area contributed by atoms with Gasteiger partial charge in [-0.2, -0.15) is 0 Å². The second-order valence-corrected chi connectivity index (χ2v) is 6.44. The number of piperidine rings is 1. The van der Waals surface area contributed by atoms with Crippen molar-refractivity contribution >= 4 is 17.2 Å². The van der Waals surface area contributed by atoms with E-state index in [1.165, 1.54) is 0 Å². The first kappa shape index (κ1) is 13.5. The Balaban J connectivity index is 1.98. The number of thiophene rings is 1. The molecule has 0 aromatic carbocycles. The van der Waals surface area contributed by atoms with E-state index in [1.807, 2.05) is 11.4 Å². The van der Waals surface area contributed by atoms with E-state index in [2.05, 4.69) is 11.8 Å². The highest BCUT2D eigenvalue weighted by Gasteiger charge is 2.30. The van der Waals surface area contributed by atoms with E-state index >= 15 is 0 Å². The number of primary amides is 1. The molecule has 0 aliphatic carbocycles. The van der Waals surface area contributed by atoms with Gasteiger partial charge in [-0.15, -0.1) is 11.3 Å². The van der Waals surface area contributed by atoms with Crippen LogP contribution in [0.1, 0.15) is 35.0 Å². The van der Waals surface area contributed by atoms with Crippen LogP contribution in [0.4, 0.5) is 0 Å². The number of rotatable bonds is 4. The maximum atomic E-state index is 11.0. The number of carbonyl (C=O) groups excluding carboxylic acids is 1. The van der Waals surface area contributed by atoms with Gasteiger partial charge >= 0.3 is 0 Å². The number of hydrogen-bond acceptors (Lipinski definition) is 4. The van der Waals surface area contributed by atoms with Crippen molar-refractivity contribution in [1.29, 1.82) is 0 Å². The molecule has 3 N–H and O–H groups in total. The third-order valence-corrected chi connectivity index (χ3v) is 4.48. The van der Waals surface area contributed by atoms with E-state index in [4.69, 9.17) is 5.73 Å². The molecule has 4 nitrogen and oxygen atoms in total. The highest BCUT2D eigenvalue weighted by Crippen LogP contribution is 2.30. The van der Waals surface area contributed by atoms with Gasteiger partial charge in [0, 0.05) is 35.4 Å². The number of nitrogens with zero attached hydrogens (tertiary/aromatic N) is 1. The molecule has 5 heteroatoms. The van der Waals surface area contributed by atoms with Gasteiger partial charge in [0.15, 0.2) is 0 Å². The highest BCUT2D eigenvalue weighted by atomic mass is 32.1. The zero-order valence-electron chi connectivity index (χ0n) is 10.7. The van der Waals surface area contributed by atoms with Crippen molar-refractivity contribution in [3.63, 3.8) is 0 Å². The second kappa shape index (κ2) is 5.38. The molecule has 1 fully saturated rings. The number of hydrogen-bond donors (Lipinski definition) is 2. The van der Waals surface area contributed by atoms with Crippen LogP contribution in [0.15, 0.2) is 11.4 Å². The van der Waals surface area contributed by atoms with Gasteiger partial charge in [-0.05, 0) is 25.5 Å². The fraction of sp³-hybridized carbons (Fsp3) is 0.615. The Labute approximate surface area is 111 Å². The molecule has 0 spiro atoms. The van der Waals surface area contributed by atoms with Gasteiger partial charge in [0.05, 0.1) is 5.56 Å². The predicted molar refractivity (Wildman–Crippen MR) is 72.5 cm³/mol. The second-order valence-electron chi connectivity index (χ2n) is 5.45. The van der Waals surface area contributed by atoms with Crippen molar-refractivity contribution in [2.45, 2.75) is 26.3 Å². The average Bonchev–Trinajstić information content (AvgIpc) is 2.78. The molecule has 1 saturated heterocycles. The largest absolute Gasteiger partial charge is 0.396 e. The molecule has 1 aliphatic rings. The van der Waals surface area contributed by atoms with Gasteiger partial charge in [-0.3, -0.25) is 9.69 Å². The lowest BCUT2D eigenvalue weighted by Crippen LogP contribution is -2.43. The zero-order chi connectivity index (χ0) is 13.2. The molecule has 0 radical (unpaired) electrons. The first-order chi connectivity index (χ1) is 8.52. The van der Waals surface area contributed by atoms with Crippen molar-refractivity contribution < 1.29 is 9.90 Å². The molecule has 18 heavy (non-hydrogen) atoms. The van der Waals surface area contributed by atoms with E-state index in [9.17, 15) is 9.90 Å². The van der Waals surface area contributed by atoms with Gasteiger partial charge in [0.1, 0.15) is 0 Å². The molecule has 1 amide bonds. The maximum Gasteiger partial charge on any atom is 0.249 e. The molecule has 0 bridgehead atoms. The summed E-state index contributed by atoms with van der Waals surface area (Å²) in [5.41, 5.74) is 5.86. The van der Waals surface area contributed by atoms with E-state index in [0.717, 1.165) is 37.4 Å². The Hall–Kier alpha value is -0.910. The summed E-state index contributed by atoms with van der Waals surface area (Å²) in [6, 6.07) is 1.87. The van der Waals surface area contributed by atoms with E-state index in [0.29, 0.717) is 5.56 Å². The van der Waals surface area contributed by atoms with Gasteiger partial charge in [-0.1, -0.05) is 6.92 Å². The van der Waals surface area contributed by atoms with Crippen LogP contribution in [0.3, 0.4) is 0 Å². The van der Waals surface area contributed by atoms with Crippen LogP contribution in [-0.2, 0) is 6.54 Å². The Kier molecular flexibility index (Phi) is 4.04. The number of aliphatic hydroxyl groups excluding tert-OH is 1. The maximum absolute atomic E-state index is 11.0. The fourth-order valence-corrected chi connectivity index (χ4v) is 3.42. The third kappa shape index (κ3) is 3.10. The lowest BCUT2D eigenvalue weighted by atomic mass is 9.83. The van der Waals surface area contributed by atoms with Crippen molar-refractivity contribution in [2.24, 2.45) is 11.1 Å². The minimum Gasteiger partial charge on any atom is -0.396 e. The first-order valence-corrected chi connectivity index (χ1v) is 7.11. The van der Waals surface area contributed by atoms with E-state index in [-0.39, 0.29) is 17.9 Å². The molecule has 0 saturated carbocycles. The van der Waals surface area contributed by atoms with E-state index < -0.39 is 0 Å². The molecule has 1 aliphatic heterocycles. The monoisotopic (exact) mass is 268 g/mol. The average molecular weight is 268 g/mol. The van der Waals surface area contributed by atoms with Crippen molar-refractivity contribution in [3.8, 4) is 0 Å². The summed E-state index contributed by atoms with van der Waals surface area (Å²) in [4.78, 5) is 14.5. The number of nitrogens with two attached hydrogens (primary N) is 1. The van der Waals surface area contributed by atoms with Crippen LogP contribution >= 0.6 is 11.3 Å². The standard InChI is InChI=1S/C13H20N2O2S/c1-13(9-16)3-2-4-15(8-13)6-11-5-10(7-18-11)12(14)17/h5,7,16H,2-4,6,8-9H2,1H3,(H2,14,17). The summed E-state index contributed by atoms with van der Waals surface area (Å²) in [6.45, 7) is 5.17. The Morgan fingerprint density at radius 1 is 1.67 bits per heavy atom. The quantitative estimate of drug-likeness (QED) is 0.868. The summed E-state index contributed by atoms with van der Waals surface area (Å²) < 4.78 is 0. The number of carbonyl (C=O) groups is 1. The molecular weight excluding hydrogens is 248 g/mol. The summed E-state index contributed by atoms with van der Waals surface area (Å²) in [5, 5.41) is 11.2. The van der Waals surface area contributed by atoms with Gasteiger partial charge in [0.2, 0.25) is 5.91 Å². The van der Waals surface area contributed by atoms with Crippen molar-refractivity contribution in [3.05, 3.63) is 21.9 Å². The molecule has 2 rings (SSSR count). The van der Waals surface area contributed by atoms with Crippen molar-refractivity contribution in [2.75, 3.05) is 19.7 Å². The van der Waals surface area contributed by atoms with Gasteiger partial charge in [0.25, 0.3) is 0 Å². The Morgan fingerprint density at radius 3 is 3.06 bits per heavy atom. The molecule has 1 aromatic heterocycles. The zero-order valence-corrected chi connectivity index (χ0v) is 11.5. The van der Waals surface area contributed by atoms with Crippen LogP contribution in [-0.4, -0.2) is 35.6 Å². The SMILES string of the molecule is CC1(CO)CCCN(Cc2cc(C(N)=O)cs2)C1. The fourth-order valence-electron chi connectivity index (χ4n) is 2.50. The van der Waals surface area contributed by atoms with Crippen molar-refractivity contribution in [1.82, 2.24) is 4.90 Å². The van der Waals surface area contributed by atoms with Crippen LogP contribution in [0, 0.1) is 5.41 Å². The van der Waals surface area contributed by atoms with Crippen LogP contribution in [0.25, 0.3) is 0 Å². The summed E-state index contributed by atoms with van der Waals surface area (Å²) in [7, 11) is 0. The number of amides is 1. The smallest absolute Gasteiger partial charge is 0.249 e. The Morgan fingerprint density at radius 2 is 2.44 bits per heavy atom. The number of likely N-dealkylation sites (tertiary alicyclic amines) is 1. The molecule has 1 unspecified atom stereocenters. The minimum absolute atomic E-state index is 0.0159. The molecule has 1 aromatic rings. The minimum atomic E-state index is -0.364. The van der Waals surface area contributed by atoms with Gasteiger partial charge < -0.3 is 10.8 Å². The van der Waals surface area contributed by atoms with Gasteiger partial charge in [-0.25, -0.2) is 0 Å². The third-order valence-electron chi connectivity index (χ3n) is 3.56. The highest BCUT2D eigenvalue weighted by molar-refractivity contribution is 7.10. The van der Waals surface area contributed by atoms with Crippen LogP contribution in [0.5, 0.6) is 0 Å². The molecular formula is C13H20N2O2S. The summed E-state index contributed by atoms with van der Waals surface area (Å²) >= 11 is 1.57. The van der Waals surface area contributed by atoms with Crippen LogP contribution in [0.2, 0.25) is 0 Å². The summed E-state index contributed by atoms with van der Waals surface area (Å²) in [5.74, 6) is -0.364. The normalized spacial score (nSPS) is 25.2. The first-order valence-electron chi connectivity index (χ1n) is 6.23. The summed E-state index contributed by atoms with van der Waals surface area (Å²) in [6.07, 6.45) is 2.20. The lowest BCUT2D eigenvalue weighted by Gasteiger charge is -2.39. The molecule has 1 atom stereocenters. The molecule has 2 heterocycles. The molecule has 100 valence electrons. The van der Waals surface area contributed by atoms with Crippen LogP contribution < -0.4 is 5.73 Å².